The number of nitro benzene ring substituents is 1. The molecule has 1 atom stereocenters. The Morgan fingerprint density at radius 1 is 1.52 bits per heavy atom. The highest BCUT2D eigenvalue weighted by Crippen LogP contribution is 2.30. The summed E-state index contributed by atoms with van der Waals surface area (Å²) in [5.41, 5.74) is 0.939. The van der Waals surface area contributed by atoms with Gasteiger partial charge in [0, 0.05) is 25.7 Å². The lowest BCUT2D eigenvalue weighted by Gasteiger charge is -2.37. The van der Waals surface area contributed by atoms with Crippen LogP contribution in [-0.2, 0) is 6.54 Å². The molecule has 1 aromatic carbocycles. The van der Waals surface area contributed by atoms with Crippen molar-refractivity contribution in [3.63, 3.8) is 0 Å². The number of hydrogen-bond donors (Lipinski definition) is 2. The van der Waals surface area contributed by atoms with Crippen molar-refractivity contribution >= 4 is 11.4 Å². The Labute approximate surface area is 124 Å². The maximum Gasteiger partial charge on any atom is 0.292 e. The number of benzene rings is 1. The van der Waals surface area contributed by atoms with Crippen LogP contribution in [0.1, 0.15) is 32.3 Å². The van der Waals surface area contributed by atoms with Crippen molar-refractivity contribution in [1.29, 1.82) is 0 Å². The smallest absolute Gasteiger partial charge is 0.292 e. The quantitative estimate of drug-likeness (QED) is 0.643. The van der Waals surface area contributed by atoms with Crippen molar-refractivity contribution in [2.24, 2.45) is 0 Å². The largest absolute Gasteiger partial charge is 0.389 e. The molecule has 1 aliphatic heterocycles. The van der Waals surface area contributed by atoms with Crippen LogP contribution in [0.25, 0.3) is 0 Å². The van der Waals surface area contributed by atoms with E-state index in [-0.39, 0.29) is 10.6 Å². The number of hydrogen-bond acceptors (Lipinski definition) is 5. The van der Waals surface area contributed by atoms with Crippen molar-refractivity contribution in [3.05, 3.63) is 33.9 Å². The third-order valence-corrected chi connectivity index (χ3v) is 3.83. The summed E-state index contributed by atoms with van der Waals surface area (Å²) in [4.78, 5) is 13.0. The van der Waals surface area contributed by atoms with Crippen LogP contribution >= 0.6 is 0 Å². The predicted octanol–water partition coefficient (Wildman–Crippen LogP) is 2.37. The summed E-state index contributed by atoms with van der Waals surface area (Å²) >= 11 is 0. The van der Waals surface area contributed by atoms with Crippen LogP contribution in [0.3, 0.4) is 0 Å². The van der Waals surface area contributed by atoms with Gasteiger partial charge in [-0.3, -0.25) is 15.0 Å². The van der Waals surface area contributed by atoms with Crippen LogP contribution in [0.5, 0.6) is 0 Å². The highest BCUT2D eigenvalue weighted by atomic mass is 16.6. The maximum absolute atomic E-state index is 11.2. The van der Waals surface area contributed by atoms with E-state index in [0.29, 0.717) is 25.3 Å². The molecule has 1 fully saturated rings. The Kier molecular flexibility index (Phi) is 4.80. The molecule has 1 heterocycles. The second kappa shape index (κ2) is 6.41. The van der Waals surface area contributed by atoms with E-state index in [9.17, 15) is 15.2 Å². The molecule has 0 radical (unpaired) electrons. The van der Waals surface area contributed by atoms with Gasteiger partial charge in [-0.2, -0.15) is 0 Å². The van der Waals surface area contributed by atoms with E-state index in [1.807, 2.05) is 19.9 Å². The van der Waals surface area contributed by atoms with Crippen molar-refractivity contribution in [2.75, 3.05) is 25.0 Å². The van der Waals surface area contributed by atoms with E-state index < -0.39 is 5.60 Å². The zero-order valence-corrected chi connectivity index (χ0v) is 12.6. The molecule has 0 saturated carbocycles. The molecule has 1 aliphatic rings. The molecule has 2 N–H and O–H groups in total. The molecule has 6 nitrogen and oxygen atoms in total. The van der Waals surface area contributed by atoms with Gasteiger partial charge in [0.1, 0.15) is 5.69 Å². The minimum atomic E-state index is -0.669. The second-order valence-electron chi connectivity index (χ2n) is 5.91. The van der Waals surface area contributed by atoms with Crippen LogP contribution in [-0.4, -0.2) is 40.2 Å². The van der Waals surface area contributed by atoms with Gasteiger partial charge in [0.25, 0.3) is 5.69 Å². The molecule has 0 aliphatic carbocycles. The number of nitro groups is 1. The molecular weight excluding hydrogens is 270 g/mol. The summed E-state index contributed by atoms with van der Waals surface area (Å²) < 4.78 is 0. The first kappa shape index (κ1) is 15.7. The van der Waals surface area contributed by atoms with Crippen molar-refractivity contribution in [1.82, 2.24) is 4.90 Å². The Hall–Kier alpha value is -1.66. The van der Waals surface area contributed by atoms with Gasteiger partial charge in [0.05, 0.1) is 10.5 Å². The average molecular weight is 293 g/mol. The molecule has 0 bridgehead atoms. The highest BCUT2D eigenvalue weighted by Gasteiger charge is 2.29. The minimum Gasteiger partial charge on any atom is -0.389 e. The first-order chi connectivity index (χ1) is 9.93. The molecule has 1 unspecified atom stereocenters. The molecule has 0 amide bonds. The molecule has 6 heteroatoms. The number of piperidine rings is 1. The standard InChI is InChI=1S/C15H23N3O3/c1-3-16-14-12(6-4-7-13(14)18(20)21)10-17-9-5-8-15(2,19)11-17/h4,6-7,16,19H,3,5,8-11H2,1-2H3. The Balaban J connectivity index is 2.23. The Morgan fingerprint density at radius 2 is 2.29 bits per heavy atom. The van der Waals surface area contributed by atoms with E-state index in [2.05, 4.69) is 10.2 Å². The summed E-state index contributed by atoms with van der Waals surface area (Å²) in [7, 11) is 0. The van der Waals surface area contributed by atoms with E-state index in [4.69, 9.17) is 0 Å². The predicted molar refractivity (Wildman–Crippen MR) is 82.4 cm³/mol. The fourth-order valence-corrected chi connectivity index (χ4v) is 2.95. The van der Waals surface area contributed by atoms with Gasteiger partial charge >= 0.3 is 0 Å². The van der Waals surface area contributed by atoms with Gasteiger partial charge in [-0.1, -0.05) is 12.1 Å². The molecule has 116 valence electrons. The first-order valence-electron chi connectivity index (χ1n) is 7.38. The number of nitrogens with one attached hydrogen (secondary N) is 1. The summed E-state index contributed by atoms with van der Waals surface area (Å²) in [5, 5.41) is 24.4. The number of nitrogens with zero attached hydrogens (tertiary/aromatic N) is 2. The summed E-state index contributed by atoms with van der Waals surface area (Å²) in [6.45, 7) is 6.52. The molecule has 1 aromatic rings. The van der Waals surface area contributed by atoms with E-state index >= 15 is 0 Å². The lowest BCUT2D eigenvalue weighted by molar-refractivity contribution is -0.384. The van der Waals surface area contributed by atoms with E-state index in [0.717, 1.165) is 24.9 Å². The van der Waals surface area contributed by atoms with Crippen molar-refractivity contribution in [2.45, 2.75) is 38.8 Å². The van der Waals surface area contributed by atoms with Gasteiger partial charge in [-0.25, -0.2) is 0 Å². The van der Waals surface area contributed by atoms with E-state index in [1.54, 1.807) is 6.07 Å². The number of para-hydroxylation sites is 1. The topological polar surface area (TPSA) is 78.6 Å². The number of anilines is 1. The van der Waals surface area contributed by atoms with Gasteiger partial charge in [0.15, 0.2) is 0 Å². The number of aliphatic hydroxyl groups is 1. The molecule has 21 heavy (non-hydrogen) atoms. The van der Waals surface area contributed by atoms with Crippen LogP contribution in [0.4, 0.5) is 11.4 Å². The maximum atomic E-state index is 11.2. The molecule has 0 spiro atoms. The lowest BCUT2D eigenvalue weighted by Crippen LogP contribution is -2.45. The first-order valence-corrected chi connectivity index (χ1v) is 7.38. The van der Waals surface area contributed by atoms with Gasteiger partial charge in [-0.05, 0) is 38.8 Å². The minimum absolute atomic E-state index is 0.109. The van der Waals surface area contributed by atoms with E-state index in [1.165, 1.54) is 6.07 Å². The van der Waals surface area contributed by atoms with Crippen LogP contribution in [0.2, 0.25) is 0 Å². The number of β-amino-alcohol motifs (C(OH)–C–C–N with tert-alkyl or cyclic N) is 1. The molecule has 1 saturated heterocycles. The van der Waals surface area contributed by atoms with Gasteiger partial charge in [-0.15, -0.1) is 0 Å². The summed E-state index contributed by atoms with van der Waals surface area (Å²) in [6.07, 6.45) is 1.75. The Morgan fingerprint density at radius 3 is 2.90 bits per heavy atom. The van der Waals surface area contributed by atoms with Gasteiger partial charge < -0.3 is 10.4 Å². The third kappa shape index (κ3) is 3.92. The normalized spacial score (nSPS) is 23.0. The molecule has 0 aromatic heterocycles. The third-order valence-electron chi connectivity index (χ3n) is 3.83. The SMILES string of the molecule is CCNc1c(CN2CCCC(C)(O)C2)cccc1[N+](=O)[O-]. The van der Waals surface area contributed by atoms with Crippen LogP contribution in [0, 0.1) is 10.1 Å². The van der Waals surface area contributed by atoms with Crippen molar-refractivity contribution in [3.8, 4) is 0 Å². The number of likely N-dealkylation sites (tertiary alicyclic amines) is 1. The monoisotopic (exact) mass is 293 g/mol. The van der Waals surface area contributed by atoms with Gasteiger partial charge in [0.2, 0.25) is 0 Å². The molecule has 2 rings (SSSR count). The fraction of sp³-hybridized carbons (Fsp3) is 0.600. The zero-order chi connectivity index (χ0) is 15.5. The average Bonchev–Trinajstić information content (AvgIpc) is 2.39. The summed E-state index contributed by atoms with van der Waals surface area (Å²) in [5.74, 6) is 0. The lowest BCUT2D eigenvalue weighted by atomic mass is 9.94. The zero-order valence-electron chi connectivity index (χ0n) is 12.6. The van der Waals surface area contributed by atoms with Crippen LogP contribution < -0.4 is 5.32 Å². The van der Waals surface area contributed by atoms with Crippen LogP contribution in [0.15, 0.2) is 18.2 Å². The summed E-state index contributed by atoms with van der Waals surface area (Å²) in [6, 6.07) is 5.15. The second-order valence-corrected chi connectivity index (χ2v) is 5.91. The van der Waals surface area contributed by atoms with Crippen molar-refractivity contribution < 1.29 is 10.0 Å². The fourth-order valence-electron chi connectivity index (χ4n) is 2.95. The Bertz CT molecular complexity index is 517. The highest BCUT2D eigenvalue weighted by molar-refractivity contribution is 5.66. The number of rotatable bonds is 5. The molecular formula is C15H23N3O3.